The number of nitrogens with one attached hydrogen (secondary N) is 1. The number of amides is 1. The van der Waals surface area contributed by atoms with Crippen LogP contribution in [0.2, 0.25) is 0 Å². The van der Waals surface area contributed by atoms with E-state index in [1.807, 2.05) is 24.3 Å². The van der Waals surface area contributed by atoms with Crippen molar-refractivity contribution < 1.29 is 13.7 Å². The lowest BCUT2D eigenvalue weighted by Gasteiger charge is -2.30. The highest BCUT2D eigenvalue weighted by molar-refractivity contribution is 9.10. The number of piperidine rings is 1. The number of hydrogen-bond donors (Lipinski definition) is 1. The number of nitrogens with zero attached hydrogens (tertiary/aromatic N) is 3. The van der Waals surface area contributed by atoms with Crippen LogP contribution < -0.4 is 5.32 Å². The van der Waals surface area contributed by atoms with E-state index < -0.39 is 0 Å². The summed E-state index contributed by atoms with van der Waals surface area (Å²) in [5.74, 6) is 0.704. The van der Waals surface area contributed by atoms with Crippen LogP contribution >= 0.6 is 15.9 Å². The van der Waals surface area contributed by atoms with Crippen molar-refractivity contribution in [3.05, 3.63) is 64.7 Å². The topological polar surface area (TPSA) is 71.3 Å². The number of anilines is 1. The Morgan fingerprint density at radius 1 is 1.21 bits per heavy atom. The molecular formula is C21H20BrFN4O2. The van der Waals surface area contributed by atoms with Gasteiger partial charge >= 0.3 is 0 Å². The number of carbonyl (C=O) groups excluding carboxylic acids is 1. The minimum Gasteiger partial charge on any atom is -0.338 e. The second kappa shape index (κ2) is 8.84. The molecule has 1 fully saturated rings. The summed E-state index contributed by atoms with van der Waals surface area (Å²) in [4.78, 5) is 19.1. The van der Waals surface area contributed by atoms with Crippen molar-refractivity contribution >= 4 is 27.5 Å². The molecule has 0 aliphatic carbocycles. The number of hydrogen-bond acceptors (Lipinski definition) is 5. The molecule has 6 nitrogen and oxygen atoms in total. The Labute approximate surface area is 176 Å². The van der Waals surface area contributed by atoms with E-state index in [1.165, 1.54) is 12.1 Å². The minimum absolute atomic E-state index is 0.0114. The molecule has 1 saturated heterocycles. The number of benzene rings is 2. The number of likely N-dealkylation sites (tertiary alicyclic amines) is 1. The molecule has 8 heteroatoms. The summed E-state index contributed by atoms with van der Waals surface area (Å²) in [5, 5.41) is 6.96. The van der Waals surface area contributed by atoms with Crippen LogP contribution in [0.4, 0.5) is 10.1 Å². The molecule has 29 heavy (non-hydrogen) atoms. The summed E-state index contributed by atoms with van der Waals surface area (Å²) in [6.45, 7) is 2.10. The third-order valence-electron chi connectivity index (χ3n) is 4.98. The first-order valence-corrected chi connectivity index (χ1v) is 10.2. The van der Waals surface area contributed by atoms with E-state index >= 15 is 0 Å². The molecule has 3 aromatic rings. The van der Waals surface area contributed by atoms with Crippen LogP contribution in [0.3, 0.4) is 0 Å². The van der Waals surface area contributed by atoms with Gasteiger partial charge in [-0.15, -0.1) is 0 Å². The summed E-state index contributed by atoms with van der Waals surface area (Å²) in [7, 11) is 0. The average molecular weight is 459 g/mol. The summed E-state index contributed by atoms with van der Waals surface area (Å²) in [6, 6.07) is 13.6. The highest BCUT2D eigenvalue weighted by Crippen LogP contribution is 2.23. The third kappa shape index (κ3) is 5.07. The van der Waals surface area contributed by atoms with Crippen LogP contribution in [0.15, 0.2) is 57.5 Å². The van der Waals surface area contributed by atoms with Crippen molar-refractivity contribution in [3.63, 3.8) is 0 Å². The molecule has 1 aliphatic heterocycles. The van der Waals surface area contributed by atoms with Gasteiger partial charge in [0, 0.05) is 21.6 Å². The van der Waals surface area contributed by atoms with Crippen LogP contribution in [0.5, 0.6) is 0 Å². The SMILES string of the molecule is O=C(Nc1cccc(Br)c1)C1CCN(Cc2nc(-c3ccc(F)cc3)no2)CC1. The molecule has 0 spiro atoms. The predicted molar refractivity (Wildman–Crippen MR) is 110 cm³/mol. The Bertz CT molecular complexity index is 984. The first kappa shape index (κ1) is 19.7. The molecule has 150 valence electrons. The predicted octanol–water partition coefficient (Wildman–Crippen LogP) is 4.49. The minimum atomic E-state index is -0.302. The molecule has 0 atom stereocenters. The maximum Gasteiger partial charge on any atom is 0.241 e. The van der Waals surface area contributed by atoms with E-state index in [9.17, 15) is 9.18 Å². The van der Waals surface area contributed by atoms with Crippen molar-refractivity contribution in [2.24, 2.45) is 5.92 Å². The highest BCUT2D eigenvalue weighted by atomic mass is 79.9. The van der Waals surface area contributed by atoms with Crippen LogP contribution in [-0.4, -0.2) is 34.0 Å². The largest absolute Gasteiger partial charge is 0.338 e. The molecular weight excluding hydrogens is 439 g/mol. The second-order valence-corrected chi connectivity index (χ2v) is 7.98. The van der Waals surface area contributed by atoms with Crippen LogP contribution in [-0.2, 0) is 11.3 Å². The van der Waals surface area contributed by atoms with E-state index in [0.29, 0.717) is 23.8 Å². The van der Waals surface area contributed by atoms with Gasteiger partial charge in [0.2, 0.25) is 17.6 Å². The van der Waals surface area contributed by atoms with E-state index in [2.05, 4.69) is 36.3 Å². The summed E-state index contributed by atoms with van der Waals surface area (Å²) < 4.78 is 19.3. The Balaban J connectivity index is 1.29. The van der Waals surface area contributed by atoms with E-state index in [1.54, 1.807) is 12.1 Å². The highest BCUT2D eigenvalue weighted by Gasteiger charge is 2.26. The molecule has 2 aromatic carbocycles. The monoisotopic (exact) mass is 458 g/mol. The fraction of sp³-hybridized carbons (Fsp3) is 0.286. The first-order chi connectivity index (χ1) is 14.1. The molecule has 2 heterocycles. The molecule has 1 amide bonds. The Morgan fingerprint density at radius 3 is 2.69 bits per heavy atom. The van der Waals surface area contributed by atoms with Gasteiger partial charge in [0.1, 0.15) is 5.82 Å². The lowest BCUT2D eigenvalue weighted by Crippen LogP contribution is -2.37. The summed E-state index contributed by atoms with van der Waals surface area (Å²) in [6.07, 6.45) is 1.55. The zero-order valence-corrected chi connectivity index (χ0v) is 17.2. The van der Waals surface area contributed by atoms with Crippen molar-refractivity contribution in [2.45, 2.75) is 19.4 Å². The molecule has 0 bridgehead atoms. The Morgan fingerprint density at radius 2 is 1.97 bits per heavy atom. The van der Waals surface area contributed by atoms with Crippen molar-refractivity contribution in [1.82, 2.24) is 15.0 Å². The fourth-order valence-electron chi connectivity index (χ4n) is 3.39. The van der Waals surface area contributed by atoms with E-state index in [4.69, 9.17) is 4.52 Å². The van der Waals surface area contributed by atoms with E-state index in [0.717, 1.165) is 36.1 Å². The quantitative estimate of drug-likeness (QED) is 0.609. The maximum atomic E-state index is 13.0. The zero-order chi connectivity index (χ0) is 20.2. The first-order valence-electron chi connectivity index (χ1n) is 9.44. The summed E-state index contributed by atoms with van der Waals surface area (Å²) >= 11 is 3.41. The van der Waals surface area contributed by atoms with Gasteiger partial charge in [0.25, 0.3) is 0 Å². The normalized spacial score (nSPS) is 15.4. The molecule has 0 radical (unpaired) electrons. The Hall–Kier alpha value is -2.58. The van der Waals surface area contributed by atoms with Crippen LogP contribution in [0.1, 0.15) is 18.7 Å². The number of aromatic nitrogens is 2. The van der Waals surface area contributed by atoms with Crippen LogP contribution in [0, 0.1) is 11.7 Å². The maximum absolute atomic E-state index is 13.0. The number of halogens is 2. The van der Waals surface area contributed by atoms with Gasteiger partial charge in [-0.2, -0.15) is 4.98 Å². The summed E-state index contributed by atoms with van der Waals surface area (Å²) in [5.41, 5.74) is 1.51. The molecule has 1 aliphatic rings. The molecule has 4 rings (SSSR count). The Kier molecular flexibility index (Phi) is 6.01. The van der Waals surface area contributed by atoms with Gasteiger partial charge in [-0.3, -0.25) is 9.69 Å². The van der Waals surface area contributed by atoms with Gasteiger partial charge in [-0.1, -0.05) is 27.2 Å². The number of rotatable bonds is 5. The van der Waals surface area contributed by atoms with Crippen molar-refractivity contribution in [3.8, 4) is 11.4 Å². The standard InChI is InChI=1S/C21H20BrFN4O2/c22-16-2-1-3-18(12-16)24-21(28)15-8-10-27(11-9-15)13-19-25-20(26-29-19)14-4-6-17(23)7-5-14/h1-7,12,15H,8-11,13H2,(H,24,28). The van der Waals surface area contributed by atoms with Gasteiger partial charge in [0.15, 0.2) is 0 Å². The molecule has 1 aromatic heterocycles. The third-order valence-corrected chi connectivity index (χ3v) is 5.47. The van der Waals surface area contributed by atoms with Crippen LogP contribution in [0.25, 0.3) is 11.4 Å². The van der Waals surface area contributed by atoms with E-state index in [-0.39, 0.29) is 17.6 Å². The van der Waals surface area contributed by atoms with Gasteiger partial charge in [0.05, 0.1) is 6.54 Å². The van der Waals surface area contributed by atoms with Crippen molar-refractivity contribution in [1.29, 1.82) is 0 Å². The second-order valence-electron chi connectivity index (χ2n) is 7.07. The molecule has 0 saturated carbocycles. The van der Waals surface area contributed by atoms with Gasteiger partial charge in [-0.05, 0) is 68.4 Å². The molecule has 1 N–H and O–H groups in total. The number of carbonyl (C=O) groups is 1. The van der Waals surface area contributed by atoms with Gasteiger partial charge in [-0.25, -0.2) is 4.39 Å². The lowest BCUT2D eigenvalue weighted by molar-refractivity contribution is -0.121. The zero-order valence-electron chi connectivity index (χ0n) is 15.6. The molecule has 0 unspecified atom stereocenters. The average Bonchev–Trinajstić information content (AvgIpc) is 3.17. The van der Waals surface area contributed by atoms with Gasteiger partial charge < -0.3 is 9.84 Å². The smallest absolute Gasteiger partial charge is 0.241 e. The lowest BCUT2D eigenvalue weighted by atomic mass is 9.96. The van der Waals surface area contributed by atoms with Crippen molar-refractivity contribution in [2.75, 3.05) is 18.4 Å². The fourth-order valence-corrected chi connectivity index (χ4v) is 3.79.